The summed E-state index contributed by atoms with van der Waals surface area (Å²) < 4.78 is 0. The molecule has 5 aliphatic rings. The van der Waals surface area contributed by atoms with Crippen molar-refractivity contribution < 1.29 is 14.7 Å². The van der Waals surface area contributed by atoms with E-state index in [1.807, 2.05) is 26.2 Å². The van der Waals surface area contributed by atoms with Gasteiger partial charge in [-0.2, -0.15) is 0 Å². The van der Waals surface area contributed by atoms with Crippen LogP contribution >= 0.6 is 0 Å². The van der Waals surface area contributed by atoms with Crippen LogP contribution in [0.4, 0.5) is 0 Å². The Morgan fingerprint density at radius 1 is 0.864 bits per heavy atom. The number of aromatic carboxylic acids is 1. The molecule has 8 atom stereocenters. The van der Waals surface area contributed by atoms with Gasteiger partial charge in [-0.1, -0.05) is 59.2 Å². The molecule has 0 heterocycles. The number of hydrogen-bond donors (Lipinski definition) is 2. The van der Waals surface area contributed by atoms with Crippen LogP contribution in [0.1, 0.15) is 121 Å². The lowest BCUT2D eigenvalue weighted by Gasteiger charge is -2.72. The third kappa shape index (κ3) is 4.64. The Bertz CT molecular complexity index is 1310. The summed E-state index contributed by atoms with van der Waals surface area (Å²) in [6.45, 7) is 14.9. The molecule has 5 heteroatoms. The Kier molecular flexibility index (Phi) is 7.95. The maximum absolute atomic E-state index is 12.2. The molecule has 0 aromatic heterocycles. The average molecular weight is 603 g/mol. The summed E-state index contributed by atoms with van der Waals surface area (Å²) in [6, 6.07) is 7.61. The maximum Gasteiger partial charge on any atom is 0.335 e. The molecule has 0 bridgehead atoms. The van der Waals surface area contributed by atoms with Gasteiger partial charge in [-0.3, -0.25) is 4.79 Å². The second-order valence-corrected chi connectivity index (χ2v) is 17.2. The molecule has 0 saturated heterocycles. The first kappa shape index (κ1) is 31.8. The van der Waals surface area contributed by atoms with Gasteiger partial charge >= 0.3 is 5.97 Å². The van der Waals surface area contributed by atoms with E-state index in [1.165, 1.54) is 68.9 Å². The molecule has 44 heavy (non-hydrogen) atoms. The second-order valence-electron chi connectivity index (χ2n) is 17.2. The van der Waals surface area contributed by atoms with Crippen LogP contribution in [-0.4, -0.2) is 49.1 Å². The topological polar surface area (TPSA) is 69.6 Å². The zero-order valence-electron chi connectivity index (χ0n) is 28.6. The second kappa shape index (κ2) is 11.0. The monoisotopic (exact) mass is 602 g/mol. The van der Waals surface area contributed by atoms with Crippen LogP contribution in [-0.2, 0) is 4.79 Å². The number of nitrogens with one attached hydrogen (secondary N) is 1. The molecule has 242 valence electrons. The van der Waals surface area contributed by atoms with Gasteiger partial charge in [-0.15, -0.1) is 0 Å². The van der Waals surface area contributed by atoms with Crippen LogP contribution < -0.4 is 5.32 Å². The number of allylic oxidation sites excluding steroid dienone is 2. The Balaban J connectivity index is 1.24. The molecule has 1 aromatic carbocycles. The largest absolute Gasteiger partial charge is 0.478 e. The van der Waals surface area contributed by atoms with E-state index in [2.05, 4.69) is 46.0 Å². The molecule has 5 nitrogen and oxygen atoms in total. The Hall–Kier alpha value is -2.14. The molecule has 1 amide bonds. The van der Waals surface area contributed by atoms with Crippen LogP contribution in [0.25, 0.3) is 5.57 Å². The summed E-state index contributed by atoms with van der Waals surface area (Å²) >= 11 is 0. The van der Waals surface area contributed by atoms with Crippen LogP contribution in [0.5, 0.6) is 0 Å². The van der Waals surface area contributed by atoms with Gasteiger partial charge < -0.3 is 15.3 Å². The first-order valence-corrected chi connectivity index (χ1v) is 17.6. The Morgan fingerprint density at radius 3 is 2.27 bits per heavy atom. The van der Waals surface area contributed by atoms with Crippen molar-refractivity contribution >= 4 is 17.4 Å². The molecule has 4 fully saturated rings. The fourth-order valence-electron chi connectivity index (χ4n) is 12.7. The van der Waals surface area contributed by atoms with Crippen molar-refractivity contribution in [2.45, 2.75) is 105 Å². The molecular formula is C39H58N2O3. The quantitative estimate of drug-likeness (QED) is 0.308. The fourth-order valence-corrected chi connectivity index (χ4v) is 12.7. The standard InChI is InChI=1S/C39H58N2O3/c1-35(2)28(26-10-12-27(13-11-26)34(43)44)16-20-36(3)31(35)17-21-38(5)32(36)15-14-29-30-9-8-19-39(30,23-22-37(29,38)4)25-40-24-18-33(42)41(6)7/h10-13,16,29-32,40H,8-9,14-15,17-25H2,1-7H3,(H,43,44)/t29-,30?,31?,32?,36+,37-,38-,39-/m1/s1. The highest BCUT2D eigenvalue weighted by molar-refractivity contribution is 5.88. The predicted octanol–water partition coefficient (Wildman–Crippen LogP) is 8.30. The Labute approximate surface area is 266 Å². The number of carboxylic acid groups (broad SMARTS) is 1. The molecule has 0 radical (unpaired) electrons. The SMILES string of the molecule is CN(C)C(=O)CCNC[C@]12CCCC1[C@H]1CCC3[C@@]4(C)CC=C(c5ccc(C(=O)O)cc5)C(C)(C)C4CC[C@@]3(C)[C@]1(C)CC2. The summed E-state index contributed by atoms with van der Waals surface area (Å²) in [4.78, 5) is 25.4. The van der Waals surface area contributed by atoms with Crippen molar-refractivity contribution in [1.82, 2.24) is 10.2 Å². The molecule has 0 aliphatic heterocycles. The van der Waals surface area contributed by atoms with Crippen molar-refractivity contribution in [3.8, 4) is 0 Å². The minimum atomic E-state index is -0.859. The smallest absolute Gasteiger partial charge is 0.335 e. The van der Waals surface area contributed by atoms with Gasteiger partial charge in [0.15, 0.2) is 0 Å². The molecule has 6 rings (SSSR count). The highest BCUT2D eigenvalue weighted by Gasteiger charge is 2.69. The molecular weight excluding hydrogens is 544 g/mol. The zero-order valence-corrected chi connectivity index (χ0v) is 28.6. The van der Waals surface area contributed by atoms with Crippen molar-refractivity contribution in [3.63, 3.8) is 0 Å². The summed E-state index contributed by atoms with van der Waals surface area (Å²) in [5.74, 6) is 2.32. The van der Waals surface area contributed by atoms with Crippen LogP contribution in [0.15, 0.2) is 30.3 Å². The van der Waals surface area contributed by atoms with Crippen LogP contribution in [0.2, 0.25) is 0 Å². The number of rotatable bonds is 7. The van der Waals surface area contributed by atoms with E-state index in [4.69, 9.17) is 0 Å². The number of carbonyl (C=O) groups is 2. The number of carbonyl (C=O) groups excluding carboxylic acids is 1. The summed E-state index contributed by atoms with van der Waals surface area (Å²) in [5.41, 5.74) is 4.43. The highest BCUT2D eigenvalue weighted by atomic mass is 16.4. The lowest BCUT2D eigenvalue weighted by Crippen LogP contribution is -2.65. The molecule has 4 saturated carbocycles. The van der Waals surface area contributed by atoms with Crippen molar-refractivity contribution in [3.05, 3.63) is 41.5 Å². The minimum Gasteiger partial charge on any atom is -0.478 e. The Morgan fingerprint density at radius 2 is 1.59 bits per heavy atom. The van der Waals surface area contributed by atoms with E-state index < -0.39 is 5.97 Å². The van der Waals surface area contributed by atoms with E-state index in [0.717, 1.165) is 37.3 Å². The maximum atomic E-state index is 12.2. The van der Waals surface area contributed by atoms with E-state index in [1.54, 1.807) is 17.0 Å². The third-order valence-corrected chi connectivity index (χ3v) is 15.1. The van der Waals surface area contributed by atoms with Gasteiger partial charge in [0.05, 0.1) is 5.56 Å². The average Bonchev–Trinajstić information content (AvgIpc) is 3.39. The molecule has 3 unspecified atom stereocenters. The fraction of sp³-hybridized carbons (Fsp3) is 0.744. The minimum absolute atomic E-state index is 0.0453. The molecule has 1 aromatic rings. The van der Waals surface area contributed by atoms with Gasteiger partial charge in [0.2, 0.25) is 5.91 Å². The first-order valence-electron chi connectivity index (χ1n) is 17.6. The van der Waals surface area contributed by atoms with E-state index in [0.29, 0.717) is 34.1 Å². The number of benzene rings is 1. The van der Waals surface area contributed by atoms with E-state index >= 15 is 0 Å². The van der Waals surface area contributed by atoms with Gasteiger partial charge in [0, 0.05) is 33.6 Å². The molecule has 5 aliphatic carbocycles. The van der Waals surface area contributed by atoms with Crippen LogP contribution in [0.3, 0.4) is 0 Å². The van der Waals surface area contributed by atoms with Gasteiger partial charge in [-0.05, 0) is 132 Å². The molecule has 0 spiro atoms. The summed E-state index contributed by atoms with van der Waals surface area (Å²) in [5, 5.41) is 13.2. The normalized spacial score (nSPS) is 40.6. The van der Waals surface area contributed by atoms with Gasteiger partial charge in [0.25, 0.3) is 0 Å². The van der Waals surface area contributed by atoms with Crippen molar-refractivity contribution in [1.29, 1.82) is 0 Å². The van der Waals surface area contributed by atoms with Crippen molar-refractivity contribution in [2.24, 2.45) is 50.7 Å². The summed E-state index contributed by atoms with van der Waals surface area (Å²) in [6.07, 6.45) is 16.4. The zero-order chi connectivity index (χ0) is 31.7. The number of nitrogens with zero attached hydrogens (tertiary/aromatic N) is 1. The lowest BCUT2D eigenvalue weighted by molar-refractivity contribution is -0.222. The highest BCUT2D eigenvalue weighted by Crippen LogP contribution is 2.77. The van der Waals surface area contributed by atoms with Crippen molar-refractivity contribution in [2.75, 3.05) is 27.2 Å². The van der Waals surface area contributed by atoms with Gasteiger partial charge in [0.1, 0.15) is 0 Å². The number of amides is 1. The number of hydrogen-bond acceptors (Lipinski definition) is 3. The lowest BCUT2D eigenvalue weighted by atomic mass is 9.32. The molecule has 2 N–H and O–H groups in total. The summed E-state index contributed by atoms with van der Waals surface area (Å²) in [7, 11) is 3.71. The number of carboxylic acids is 1. The van der Waals surface area contributed by atoms with Crippen LogP contribution in [0, 0.1) is 50.7 Å². The van der Waals surface area contributed by atoms with E-state index in [-0.39, 0.29) is 16.7 Å². The third-order valence-electron chi connectivity index (χ3n) is 15.1. The predicted molar refractivity (Wildman–Crippen MR) is 178 cm³/mol. The van der Waals surface area contributed by atoms with E-state index in [9.17, 15) is 14.7 Å². The number of fused-ring (bicyclic) bond motifs is 7. The first-order chi connectivity index (χ1) is 20.7. The van der Waals surface area contributed by atoms with Gasteiger partial charge in [-0.25, -0.2) is 4.79 Å².